The van der Waals surface area contributed by atoms with E-state index in [0.29, 0.717) is 0 Å². The van der Waals surface area contributed by atoms with Gasteiger partial charge in [0.05, 0.1) is 0 Å². The second kappa shape index (κ2) is 6.70. The molecule has 1 nitrogen and oxygen atoms in total. The Labute approximate surface area is 51.0 Å². The van der Waals surface area contributed by atoms with E-state index in [4.69, 9.17) is 0 Å². The summed E-state index contributed by atoms with van der Waals surface area (Å²) in [5.74, 6) is 0. The molecule has 0 aliphatic carbocycles. The molecular weight excluding hydrogens is 100 g/mol. The Morgan fingerprint density at radius 2 is 2.12 bits per heavy atom. The van der Waals surface area contributed by atoms with Crippen LogP contribution in [0, 0.1) is 0 Å². The summed E-state index contributed by atoms with van der Waals surface area (Å²) in [6.07, 6.45) is 7.12. The van der Waals surface area contributed by atoms with Gasteiger partial charge in [-0.1, -0.05) is 31.9 Å². The van der Waals surface area contributed by atoms with Gasteiger partial charge in [-0.25, -0.2) is 5.11 Å². The van der Waals surface area contributed by atoms with Crippen LogP contribution in [-0.2, 0) is 5.11 Å². The Balaban J connectivity index is 2.80. The Morgan fingerprint density at radius 3 is 2.62 bits per heavy atom. The highest BCUT2D eigenvalue weighted by molar-refractivity contribution is 4.79. The highest BCUT2D eigenvalue weighted by atomic mass is 16.2. The van der Waals surface area contributed by atoms with Gasteiger partial charge >= 0.3 is 0 Å². The van der Waals surface area contributed by atoms with Crippen molar-refractivity contribution in [1.82, 2.24) is 0 Å². The largest absolute Gasteiger partial charge is 0.232 e. The maximum Gasteiger partial charge on any atom is 0.100 e. The molecule has 1 radical (unpaired) electrons. The Kier molecular flexibility index (Phi) is 6.45. The molecule has 1 heteroatoms. The van der Waals surface area contributed by atoms with Crippen LogP contribution in [0.25, 0.3) is 0 Å². The molecule has 0 aromatic rings. The van der Waals surface area contributed by atoms with Gasteiger partial charge in [0.2, 0.25) is 0 Å². The van der Waals surface area contributed by atoms with Crippen LogP contribution in [-0.4, -0.2) is 6.61 Å². The smallest absolute Gasteiger partial charge is 0.100 e. The molecular formula is C7H13O. The first-order chi connectivity index (χ1) is 3.91. The zero-order chi connectivity index (χ0) is 6.24. The Bertz CT molecular complexity index is 57.4. The molecule has 0 fully saturated rings. The number of rotatable bonds is 4. The molecule has 0 spiro atoms. The molecule has 0 bridgehead atoms. The Morgan fingerprint density at radius 1 is 1.38 bits per heavy atom. The van der Waals surface area contributed by atoms with Gasteiger partial charge in [-0.3, -0.25) is 0 Å². The minimum atomic E-state index is -0.0658. The van der Waals surface area contributed by atoms with E-state index in [1.807, 2.05) is 6.08 Å². The fraction of sp³-hybridized carbons (Fsp3) is 0.714. The van der Waals surface area contributed by atoms with Gasteiger partial charge in [0.15, 0.2) is 0 Å². The molecule has 0 unspecified atom stereocenters. The molecule has 0 heterocycles. The summed E-state index contributed by atoms with van der Waals surface area (Å²) in [4.78, 5) is 0. The van der Waals surface area contributed by atoms with E-state index in [9.17, 15) is 5.11 Å². The van der Waals surface area contributed by atoms with Gasteiger partial charge in [0.1, 0.15) is 6.61 Å². The van der Waals surface area contributed by atoms with Crippen molar-refractivity contribution in [3.63, 3.8) is 0 Å². The zero-order valence-electron chi connectivity index (χ0n) is 5.39. The third-order valence-electron chi connectivity index (χ3n) is 0.987. The average molecular weight is 113 g/mol. The average Bonchev–Trinajstić information content (AvgIpc) is 1.81. The molecule has 0 N–H and O–H groups in total. The molecule has 8 heavy (non-hydrogen) atoms. The summed E-state index contributed by atoms with van der Waals surface area (Å²) in [6, 6.07) is 0. The summed E-state index contributed by atoms with van der Waals surface area (Å²) in [5.41, 5.74) is 0. The van der Waals surface area contributed by atoms with Crippen LogP contribution in [0.2, 0.25) is 0 Å². The maximum atomic E-state index is 9.81. The van der Waals surface area contributed by atoms with Gasteiger partial charge in [0.25, 0.3) is 0 Å². The second-order valence-electron chi connectivity index (χ2n) is 1.78. The highest BCUT2D eigenvalue weighted by Crippen LogP contribution is 1.93. The lowest BCUT2D eigenvalue weighted by atomic mass is 10.2. The molecule has 0 aromatic carbocycles. The monoisotopic (exact) mass is 113 g/mol. The molecule has 0 saturated carbocycles. The minimum Gasteiger partial charge on any atom is -0.232 e. The summed E-state index contributed by atoms with van der Waals surface area (Å²) in [5, 5.41) is 9.81. The highest BCUT2D eigenvalue weighted by Gasteiger charge is 1.75. The third-order valence-corrected chi connectivity index (χ3v) is 0.987. The molecule has 0 atom stereocenters. The quantitative estimate of drug-likeness (QED) is 0.393. The van der Waals surface area contributed by atoms with Crippen LogP contribution >= 0.6 is 0 Å². The minimum absolute atomic E-state index is 0.0658. The van der Waals surface area contributed by atoms with Gasteiger partial charge in [-0.05, 0) is 6.42 Å². The van der Waals surface area contributed by atoms with Crippen molar-refractivity contribution in [1.29, 1.82) is 0 Å². The predicted octanol–water partition coefficient (Wildman–Crippen LogP) is 2.16. The van der Waals surface area contributed by atoms with E-state index in [1.165, 1.54) is 12.8 Å². The summed E-state index contributed by atoms with van der Waals surface area (Å²) in [7, 11) is 0. The lowest BCUT2D eigenvalue weighted by Crippen LogP contribution is -1.69. The normalized spacial score (nSPS) is 10.8. The first kappa shape index (κ1) is 7.70. The molecule has 0 aromatic heterocycles. The van der Waals surface area contributed by atoms with Crippen molar-refractivity contribution >= 4 is 0 Å². The van der Waals surface area contributed by atoms with Gasteiger partial charge < -0.3 is 0 Å². The number of unbranched alkanes of at least 4 members (excludes halogenated alkanes) is 2. The van der Waals surface area contributed by atoms with E-state index in [1.54, 1.807) is 6.08 Å². The molecule has 0 aliphatic rings. The first-order valence-corrected chi connectivity index (χ1v) is 3.15. The summed E-state index contributed by atoms with van der Waals surface area (Å²) < 4.78 is 0. The van der Waals surface area contributed by atoms with Crippen molar-refractivity contribution in [2.75, 3.05) is 6.61 Å². The standard InChI is InChI=1S/C7H13O/c1-2-3-4-5-6-7-8/h5-6H,2-4,7H2,1H3. The molecule has 47 valence electrons. The lowest BCUT2D eigenvalue weighted by molar-refractivity contribution is 0.232. The maximum absolute atomic E-state index is 9.81. The fourth-order valence-electron chi connectivity index (χ4n) is 0.508. The summed E-state index contributed by atoms with van der Waals surface area (Å²) in [6.45, 7) is 2.08. The van der Waals surface area contributed by atoms with Gasteiger partial charge in [-0.15, -0.1) is 0 Å². The number of allylic oxidation sites excluding steroid dienone is 1. The third kappa shape index (κ3) is 5.70. The van der Waals surface area contributed by atoms with Crippen molar-refractivity contribution < 1.29 is 5.11 Å². The second-order valence-corrected chi connectivity index (χ2v) is 1.78. The van der Waals surface area contributed by atoms with E-state index >= 15 is 0 Å². The van der Waals surface area contributed by atoms with Crippen LogP contribution in [0.3, 0.4) is 0 Å². The lowest BCUT2D eigenvalue weighted by Gasteiger charge is -1.84. The van der Waals surface area contributed by atoms with E-state index in [-0.39, 0.29) is 6.61 Å². The van der Waals surface area contributed by atoms with Crippen LogP contribution < -0.4 is 0 Å². The van der Waals surface area contributed by atoms with E-state index in [2.05, 4.69) is 6.92 Å². The van der Waals surface area contributed by atoms with Gasteiger partial charge in [0, 0.05) is 0 Å². The Hall–Kier alpha value is -0.300. The number of hydrogen-bond donors (Lipinski definition) is 0. The molecule has 0 amide bonds. The van der Waals surface area contributed by atoms with E-state index in [0.717, 1.165) is 6.42 Å². The molecule has 0 aliphatic heterocycles. The SMILES string of the molecule is CCCCC=CC[O]. The molecule has 0 saturated heterocycles. The van der Waals surface area contributed by atoms with Crippen LogP contribution in [0.15, 0.2) is 12.2 Å². The zero-order valence-corrected chi connectivity index (χ0v) is 5.39. The van der Waals surface area contributed by atoms with Gasteiger partial charge in [-0.2, -0.15) is 0 Å². The van der Waals surface area contributed by atoms with Crippen molar-refractivity contribution in [2.24, 2.45) is 0 Å². The number of hydrogen-bond acceptors (Lipinski definition) is 0. The van der Waals surface area contributed by atoms with Crippen LogP contribution in [0.4, 0.5) is 0 Å². The predicted molar refractivity (Wildman–Crippen MR) is 34.2 cm³/mol. The fourth-order valence-corrected chi connectivity index (χ4v) is 0.508. The van der Waals surface area contributed by atoms with E-state index < -0.39 is 0 Å². The van der Waals surface area contributed by atoms with Crippen molar-refractivity contribution in [2.45, 2.75) is 26.2 Å². The summed E-state index contributed by atoms with van der Waals surface area (Å²) >= 11 is 0. The van der Waals surface area contributed by atoms with Crippen molar-refractivity contribution in [3.8, 4) is 0 Å². The molecule has 0 rings (SSSR count). The van der Waals surface area contributed by atoms with Crippen molar-refractivity contribution in [3.05, 3.63) is 12.2 Å². The van der Waals surface area contributed by atoms with Crippen LogP contribution in [0.1, 0.15) is 26.2 Å². The van der Waals surface area contributed by atoms with Crippen LogP contribution in [0.5, 0.6) is 0 Å². The topological polar surface area (TPSA) is 19.9 Å². The first-order valence-electron chi connectivity index (χ1n) is 3.15.